The Balaban J connectivity index is 1.09. The standard InChI is InChI=1S/C61H102FN3O15/c1-17-46-59(13,73)50(69)39(8)65(15)32-33(2)28-58(12,72)51(37(6)49(38(7)52(70)78-46)79-47-31-55(9,75-16)29-36(5)76-47)80-53-48(68)44(26-35(4)77-53)64(14)24-18-23-63-54(71)61(74)34(3)25-43-42-20-19-40-27-41(66)21-22-56(40,10)60(42,62)45(67)30-57(43,61)11/h19,21-22,33-39,42-51,53,67-69,72-74H,17-18,20,23-32H2,1-16H3,(H,63,71)/t33-,34-,35-,36+,37+,38-,39-,42?,43?,44+,45+,46-,47+,48-,49+,50-,51-,53+,55+,56+,57+,58-,59-,60+,61+/m1/s1. The molecule has 7 aliphatic rings. The lowest BCUT2D eigenvalue weighted by Crippen LogP contribution is -2.69. The van der Waals surface area contributed by atoms with E-state index in [9.17, 15) is 45.0 Å². The molecular formula is C61H102FN3O15. The lowest BCUT2D eigenvalue weighted by atomic mass is 9.45. The summed E-state index contributed by atoms with van der Waals surface area (Å²) >= 11 is 0. The summed E-state index contributed by atoms with van der Waals surface area (Å²) in [4.78, 5) is 45.2. The maximum atomic E-state index is 17.8. The van der Waals surface area contributed by atoms with Crippen LogP contribution in [0.25, 0.3) is 0 Å². The van der Waals surface area contributed by atoms with Crippen LogP contribution in [0.2, 0.25) is 0 Å². The highest BCUT2D eigenvalue weighted by molar-refractivity contribution is 5.93. The van der Waals surface area contributed by atoms with Gasteiger partial charge in [0.1, 0.15) is 23.9 Å². The Morgan fingerprint density at radius 2 is 1.59 bits per heavy atom. The number of aliphatic hydroxyl groups excluding tert-OH is 3. The van der Waals surface area contributed by atoms with Gasteiger partial charge in [-0.2, -0.15) is 0 Å². The van der Waals surface area contributed by atoms with Crippen LogP contribution < -0.4 is 5.32 Å². The van der Waals surface area contributed by atoms with Crippen molar-refractivity contribution < 1.29 is 77.8 Å². The smallest absolute Gasteiger partial charge is 0.311 e. The Bertz CT molecular complexity index is 2270. The van der Waals surface area contributed by atoms with Crippen LogP contribution in [-0.2, 0) is 42.8 Å². The van der Waals surface area contributed by atoms with Gasteiger partial charge in [0.25, 0.3) is 5.91 Å². The summed E-state index contributed by atoms with van der Waals surface area (Å²) in [6.07, 6.45) is -2.42. The number of likely N-dealkylation sites (N-methyl/N-ethyl adjacent to an activating group) is 2. The number of halogens is 1. The molecule has 0 aromatic rings. The number of nitrogens with one attached hydrogen (secondary N) is 1. The lowest BCUT2D eigenvalue weighted by Gasteiger charge is -2.61. The average molecular weight is 1140 g/mol. The van der Waals surface area contributed by atoms with Gasteiger partial charge in [-0.15, -0.1) is 0 Å². The molecule has 0 bridgehead atoms. The Morgan fingerprint density at radius 1 is 0.912 bits per heavy atom. The minimum absolute atomic E-state index is 0.0998. The first kappa shape index (κ1) is 65.1. The summed E-state index contributed by atoms with van der Waals surface area (Å²) in [7, 11) is 5.33. The van der Waals surface area contributed by atoms with Crippen molar-refractivity contribution in [1.29, 1.82) is 0 Å². The summed E-state index contributed by atoms with van der Waals surface area (Å²) in [6, 6.07) is -1.10. The normalized spacial score (nSPS) is 49.9. The molecule has 0 spiro atoms. The zero-order chi connectivity index (χ0) is 59.6. The molecule has 19 heteroatoms. The highest BCUT2D eigenvalue weighted by Crippen LogP contribution is 2.70. The number of amides is 1. The minimum Gasteiger partial charge on any atom is -0.459 e. The number of allylic oxidation sites excluding steroid dienone is 4. The second-order valence-corrected chi connectivity index (χ2v) is 27.5. The first-order chi connectivity index (χ1) is 37.1. The van der Waals surface area contributed by atoms with Gasteiger partial charge in [-0.3, -0.25) is 14.4 Å². The van der Waals surface area contributed by atoms with Gasteiger partial charge in [-0.05, 0) is 145 Å². The molecule has 0 aromatic carbocycles. The van der Waals surface area contributed by atoms with E-state index in [1.807, 2.05) is 71.5 Å². The quantitative estimate of drug-likeness (QED) is 0.0759. The zero-order valence-electron chi connectivity index (χ0n) is 50.9. The fourth-order valence-corrected chi connectivity index (χ4v) is 16.5. The highest BCUT2D eigenvalue weighted by Gasteiger charge is 2.75. The predicted octanol–water partition coefficient (Wildman–Crippen LogP) is 5.15. The van der Waals surface area contributed by atoms with Crippen LogP contribution in [0.3, 0.4) is 0 Å². The number of aliphatic hydroxyl groups is 6. The van der Waals surface area contributed by atoms with Crippen LogP contribution in [-0.4, -0.2) is 201 Å². The summed E-state index contributed by atoms with van der Waals surface area (Å²) in [5.74, 6) is -5.09. The van der Waals surface area contributed by atoms with Crippen molar-refractivity contribution in [3.05, 3.63) is 23.8 Å². The van der Waals surface area contributed by atoms with Gasteiger partial charge in [0.2, 0.25) is 0 Å². The molecule has 2 unspecified atom stereocenters. The van der Waals surface area contributed by atoms with Crippen LogP contribution in [0.5, 0.6) is 0 Å². The lowest BCUT2D eigenvalue weighted by molar-refractivity contribution is -0.310. The molecule has 0 radical (unpaired) electrons. The van der Waals surface area contributed by atoms with E-state index in [0.717, 1.165) is 0 Å². The molecule has 80 heavy (non-hydrogen) atoms. The van der Waals surface area contributed by atoms with Gasteiger partial charge < -0.3 is 74.2 Å². The maximum absolute atomic E-state index is 17.8. The largest absolute Gasteiger partial charge is 0.459 e. The number of rotatable bonds is 12. The Hall–Kier alpha value is -2.50. The van der Waals surface area contributed by atoms with Crippen LogP contribution in [0.1, 0.15) is 154 Å². The molecule has 7 rings (SSSR count). The van der Waals surface area contributed by atoms with Crippen molar-refractivity contribution in [2.45, 2.75) is 256 Å². The van der Waals surface area contributed by atoms with Crippen molar-refractivity contribution in [2.24, 2.45) is 46.3 Å². The number of fused-ring (bicyclic) bond motifs is 5. The highest BCUT2D eigenvalue weighted by atomic mass is 19.1. The zero-order valence-corrected chi connectivity index (χ0v) is 50.9. The molecular weight excluding hydrogens is 1030 g/mol. The number of ether oxygens (including phenoxy) is 6. The number of carbonyl (C=O) groups excluding carboxylic acids is 3. The van der Waals surface area contributed by atoms with Gasteiger partial charge in [-0.25, -0.2) is 4.39 Å². The van der Waals surface area contributed by atoms with E-state index >= 15 is 4.39 Å². The van der Waals surface area contributed by atoms with Crippen LogP contribution in [0, 0.1) is 46.3 Å². The number of cyclic esters (lactones) is 1. The maximum Gasteiger partial charge on any atom is 0.311 e. The molecule has 1 amide bonds. The van der Waals surface area contributed by atoms with Gasteiger partial charge in [0, 0.05) is 74.2 Å². The van der Waals surface area contributed by atoms with E-state index in [-0.39, 0.29) is 50.0 Å². The van der Waals surface area contributed by atoms with Crippen molar-refractivity contribution in [2.75, 3.05) is 40.8 Å². The number of hydrogen-bond acceptors (Lipinski definition) is 17. The van der Waals surface area contributed by atoms with E-state index in [1.165, 1.54) is 13.0 Å². The summed E-state index contributed by atoms with van der Waals surface area (Å²) < 4.78 is 56.6. The SMILES string of the molecule is CC[C@H]1OC(=O)[C@H](C)[C@@H](O[C@H]2C[C@@](C)(OC)C[C@H](C)O2)[C@H](C)[C@@H](O[C@@H]2O[C@H](C)C[C@H](N(C)CCCNC(=O)[C@@]3(O)[C@H](C)CC4C5CC=C6CC(=O)C=C[C@]6(C)[C@@]5(F)[C@@H](O)C[C@@]43C)[C@H]2O)[C@](C)(O)C[C@@H](C)CN(C)[C@H](C)[C@@H](O)[C@]1(C)O. The number of alkyl halides is 1. The molecule has 18 nitrogen and oxygen atoms in total. The molecule has 5 fully saturated rings. The summed E-state index contributed by atoms with van der Waals surface area (Å²) in [5.41, 5.74) is -9.77. The minimum atomic E-state index is -2.09. The van der Waals surface area contributed by atoms with Gasteiger partial charge in [0.15, 0.2) is 29.6 Å². The van der Waals surface area contributed by atoms with Gasteiger partial charge in [-0.1, -0.05) is 52.3 Å². The third-order valence-electron chi connectivity index (χ3n) is 21.3. The number of hydrogen-bond donors (Lipinski definition) is 7. The first-order valence-electron chi connectivity index (χ1n) is 29.9. The van der Waals surface area contributed by atoms with Crippen molar-refractivity contribution in [1.82, 2.24) is 15.1 Å². The monoisotopic (exact) mass is 1140 g/mol. The molecule has 2 saturated carbocycles. The van der Waals surface area contributed by atoms with Crippen molar-refractivity contribution in [3.8, 4) is 0 Å². The molecule has 0 aromatic heterocycles. The topological polar surface area (TPSA) is 246 Å². The third kappa shape index (κ3) is 11.8. The Kier molecular flexibility index (Phi) is 19.6. The third-order valence-corrected chi connectivity index (χ3v) is 21.3. The average Bonchev–Trinajstić information content (AvgIpc) is 3.84. The molecule has 3 aliphatic heterocycles. The predicted molar refractivity (Wildman–Crippen MR) is 297 cm³/mol. The second kappa shape index (κ2) is 24.1. The van der Waals surface area contributed by atoms with Gasteiger partial charge >= 0.3 is 5.97 Å². The Morgan fingerprint density at radius 3 is 2.24 bits per heavy atom. The molecule has 4 aliphatic carbocycles. The van der Waals surface area contributed by atoms with Crippen molar-refractivity contribution in [3.63, 3.8) is 0 Å². The molecule has 458 valence electrons. The van der Waals surface area contributed by atoms with E-state index < -0.39 is 148 Å². The number of esters is 1. The first-order valence-corrected chi connectivity index (χ1v) is 29.9. The number of methoxy groups -OCH3 is 1. The molecule has 7 N–H and O–H groups in total. The second-order valence-electron chi connectivity index (χ2n) is 27.5. The number of carbonyl (C=O) groups is 3. The van der Waals surface area contributed by atoms with Crippen LogP contribution >= 0.6 is 0 Å². The molecule has 3 heterocycles. The van der Waals surface area contributed by atoms with Gasteiger partial charge in [0.05, 0.1) is 47.6 Å². The number of ketones is 1. The summed E-state index contributed by atoms with van der Waals surface area (Å²) in [6.45, 7) is 24.3. The fraction of sp³-hybridized carbons (Fsp3) is 0.885. The van der Waals surface area contributed by atoms with E-state index in [2.05, 4.69) is 5.32 Å². The fourth-order valence-electron chi connectivity index (χ4n) is 16.5. The van der Waals surface area contributed by atoms with Crippen LogP contribution in [0.15, 0.2) is 23.8 Å². The number of nitrogens with zero attached hydrogens (tertiary/aromatic N) is 2. The Labute approximate surface area is 475 Å². The van der Waals surface area contributed by atoms with E-state index in [4.69, 9.17) is 28.4 Å². The van der Waals surface area contributed by atoms with E-state index in [1.54, 1.807) is 54.7 Å². The van der Waals surface area contributed by atoms with Crippen LogP contribution in [0.4, 0.5) is 4.39 Å². The molecule has 25 atom stereocenters. The van der Waals surface area contributed by atoms with E-state index in [0.29, 0.717) is 57.2 Å². The van der Waals surface area contributed by atoms with Crippen molar-refractivity contribution >= 4 is 17.7 Å². The molecule has 3 saturated heterocycles. The summed E-state index contributed by atoms with van der Waals surface area (Å²) in [5, 5.41) is 76.3.